The Kier molecular flexibility index (Phi) is 7.90. The van der Waals surface area contributed by atoms with Crippen LogP contribution in [0, 0.1) is 18.8 Å². The van der Waals surface area contributed by atoms with E-state index in [0.29, 0.717) is 17.6 Å². The molecular weight excluding hydrogens is 364 g/mol. The van der Waals surface area contributed by atoms with Gasteiger partial charge in [0.2, 0.25) is 11.0 Å². The second kappa shape index (κ2) is 9.92. The number of nitrogens with one attached hydrogen (secondary N) is 1. The van der Waals surface area contributed by atoms with Crippen molar-refractivity contribution in [1.29, 1.82) is 0 Å². The molecule has 1 aromatic heterocycles. The molecule has 1 heterocycles. The van der Waals surface area contributed by atoms with Gasteiger partial charge in [0, 0.05) is 18.8 Å². The van der Waals surface area contributed by atoms with Crippen molar-refractivity contribution in [3.8, 4) is 0 Å². The van der Waals surface area contributed by atoms with Crippen LogP contribution in [-0.4, -0.2) is 39.8 Å². The minimum absolute atomic E-state index is 0.167. The molecule has 1 amide bonds. The number of carbonyl (C=O) groups is 1. The molecule has 0 radical (unpaired) electrons. The monoisotopic (exact) mass is 392 g/mol. The summed E-state index contributed by atoms with van der Waals surface area (Å²) in [5, 5.41) is 12.3. The highest BCUT2D eigenvalue weighted by atomic mass is 32.2. The van der Waals surface area contributed by atoms with Crippen molar-refractivity contribution in [1.82, 2.24) is 15.1 Å². The average Bonchev–Trinajstić information content (AvgIpc) is 3.01. The fraction of sp³-hybridized carbons (Fsp3) is 0.526. The summed E-state index contributed by atoms with van der Waals surface area (Å²) in [5.41, 5.74) is 2.20. The highest BCUT2D eigenvalue weighted by molar-refractivity contribution is 8.01. The Labute approximate surface area is 164 Å². The summed E-state index contributed by atoms with van der Waals surface area (Å²) in [7, 11) is 0. The number of nitrogens with zero attached hydrogens (tertiary/aromatic N) is 3. The maximum Gasteiger partial charge on any atom is 0.233 e. The highest BCUT2D eigenvalue weighted by Crippen LogP contribution is 2.28. The molecule has 0 unspecified atom stereocenters. The normalized spacial score (nSPS) is 11.2. The first-order valence-corrected chi connectivity index (χ1v) is 10.7. The third kappa shape index (κ3) is 6.96. The van der Waals surface area contributed by atoms with E-state index < -0.39 is 0 Å². The van der Waals surface area contributed by atoms with Crippen molar-refractivity contribution in [2.45, 2.75) is 39.0 Å². The average molecular weight is 393 g/mol. The molecule has 1 N–H and O–H groups in total. The van der Waals surface area contributed by atoms with Gasteiger partial charge < -0.3 is 10.2 Å². The van der Waals surface area contributed by atoms with Crippen molar-refractivity contribution in [3.63, 3.8) is 0 Å². The Morgan fingerprint density at radius 2 is 1.73 bits per heavy atom. The van der Waals surface area contributed by atoms with Crippen molar-refractivity contribution >= 4 is 39.8 Å². The van der Waals surface area contributed by atoms with E-state index in [1.807, 2.05) is 17.0 Å². The van der Waals surface area contributed by atoms with Gasteiger partial charge in [-0.25, -0.2) is 0 Å². The first-order chi connectivity index (χ1) is 12.3. The number of hydrogen-bond acceptors (Lipinski definition) is 6. The minimum atomic E-state index is 0.167. The molecule has 5 nitrogen and oxygen atoms in total. The van der Waals surface area contributed by atoms with Crippen molar-refractivity contribution in [3.05, 3.63) is 29.8 Å². The number of rotatable bonds is 9. The number of amides is 1. The van der Waals surface area contributed by atoms with Crippen LogP contribution in [0.25, 0.3) is 0 Å². The first kappa shape index (κ1) is 20.7. The third-order valence-electron chi connectivity index (χ3n) is 3.55. The summed E-state index contributed by atoms with van der Waals surface area (Å²) < 4.78 is 0.807. The second-order valence-corrected chi connectivity index (χ2v) is 9.44. The van der Waals surface area contributed by atoms with E-state index >= 15 is 0 Å². The van der Waals surface area contributed by atoms with Gasteiger partial charge in [-0.1, -0.05) is 68.5 Å². The molecule has 0 saturated heterocycles. The van der Waals surface area contributed by atoms with Crippen LogP contribution in [0.5, 0.6) is 0 Å². The lowest BCUT2D eigenvalue weighted by atomic mass is 10.1. The molecule has 0 bridgehead atoms. The van der Waals surface area contributed by atoms with Crippen LogP contribution < -0.4 is 5.32 Å². The minimum Gasteiger partial charge on any atom is -0.341 e. The van der Waals surface area contributed by atoms with Gasteiger partial charge in [0.25, 0.3) is 0 Å². The summed E-state index contributed by atoms with van der Waals surface area (Å²) in [6.45, 7) is 12.2. The maximum atomic E-state index is 12.6. The fourth-order valence-electron chi connectivity index (χ4n) is 2.45. The third-order valence-corrected chi connectivity index (χ3v) is 5.51. The van der Waals surface area contributed by atoms with Crippen LogP contribution in [0.4, 0.5) is 10.8 Å². The van der Waals surface area contributed by atoms with Gasteiger partial charge in [-0.2, -0.15) is 0 Å². The van der Waals surface area contributed by atoms with E-state index in [1.165, 1.54) is 28.7 Å². The quantitative estimate of drug-likeness (QED) is 0.620. The Morgan fingerprint density at radius 3 is 2.31 bits per heavy atom. The summed E-state index contributed by atoms with van der Waals surface area (Å²) >= 11 is 2.93. The highest BCUT2D eigenvalue weighted by Gasteiger charge is 2.17. The van der Waals surface area contributed by atoms with Crippen molar-refractivity contribution < 1.29 is 4.79 Å². The zero-order chi connectivity index (χ0) is 19.1. The smallest absolute Gasteiger partial charge is 0.233 e. The van der Waals surface area contributed by atoms with Gasteiger partial charge >= 0.3 is 0 Å². The molecule has 0 atom stereocenters. The van der Waals surface area contributed by atoms with E-state index in [-0.39, 0.29) is 5.91 Å². The van der Waals surface area contributed by atoms with Crippen LogP contribution in [0.15, 0.2) is 28.6 Å². The van der Waals surface area contributed by atoms with E-state index in [1.54, 1.807) is 0 Å². The topological polar surface area (TPSA) is 58.1 Å². The maximum absolute atomic E-state index is 12.6. The van der Waals surface area contributed by atoms with Gasteiger partial charge in [-0.05, 0) is 30.9 Å². The zero-order valence-corrected chi connectivity index (χ0v) is 17.8. The molecular formula is C19H28N4OS2. The fourth-order valence-corrected chi connectivity index (χ4v) is 4.13. The number of aryl methyl sites for hydroxylation is 1. The molecule has 0 saturated carbocycles. The molecule has 0 aliphatic rings. The summed E-state index contributed by atoms with van der Waals surface area (Å²) in [5.74, 6) is 1.50. The molecule has 2 aromatic rings. The Balaban J connectivity index is 1.89. The predicted molar refractivity (Wildman–Crippen MR) is 111 cm³/mol. The van der Waals surface area contributed by atoms with Gasteiger partial charge in [-0.3, -0.25) is 4.79 Å². The molecule has 142 valence electrons. The zero-order valence-electron chi connectivity index (χ0n) is 16.2. The van der Waals surface area contributed by atoms with E-state index in [9.17, 15) is 4.79 Å². The Hall–Kier alpha value is -1.60. The van der Waals surface area contributed by atoms with Crippen LogP contribution in [0.3, 0.4) is 0 Å². The number of anilines is 2. The Morgan fingerprint density at radius 1 is 1.12 bits per heavy atom. The number of carbonyl (C=O) groups excluding carboxylic acids is 1. The molecule has 0 aliphatic carbocycles. The first-order valence-electron chi connectivity index (χ1n) is 8.91. The molecule has 2 rings (SSSR count). The standard InChI is InChI=1S/C19H28N4OS2/c1-13(2)10-23(11-14(3)4)17(24)12-25-19-22-21-18(26-19)20-16-8-6-15(5)7-9-16/h6-9,13-14H,10-12H2,1-5H3,(H,20,21). The number of thioether (sulfide) groups is 1. The van der Waals surface area contributed by atoms with Crippen LogP contribution >= 0.6 is 23.1 Å². The second-order valence-electron chi connectivity index (χ2n) is 7.24. The summed E-state index contributed by atoms with van der Waals surface area (Å²) in [6, 6.07) is 8.14. The molecule has 26 heavy (non-hydrogen) atoms. The van der Waals surface area contributed by atoms with Gasteiger partial charge in [-0.15, -0.1) is 10.2 Å². The van der Waals surface area contributed by atoms with Crippen LogP contribution in [0.2, 0.25) is 0 Å². The molecule has 0 spiro atoms. The number of benzene rings is 1. The largest absolute Gasteiger partial charge is 0.341 e. The molecule has 0 fully saturated rings. The van der Waals surface area contributed by atoms with E-state index in [0.717, 1.165) is 28.2 Å². The van der Waals surface area contributed by atoms with E-state index in [2.05, 4.69) is 62.3 Å². The van der Waals surface area contributed by atoms with Crippen LogP contribution in [0.1, 0.15) is 33.3 Å². The Bertz CT molecular complexity index is 688. The number of hydrogen-bond donors (Lipinski definition) is 1. The lowest BCUT2D eigenvalue weighted by Crippen LogP contribution is -2.38. The summed E-state index contributed by atoms with van der Waals surface area (Å²) in [6.07, 6.45) is 0. The SMILES string of the molecule is Cc1ccc(Nc2nnc(SCC(=O)N(CC(C)C)CC(C)C)s2)cc1. The molecule has 1 aromatic carbocycles. The van der Waals surface area contributed by atoms with Gasteiger partial charge in [0.1, 0.15) is 0 Å². The van der Waals surface area contributed by atoms with Gasteiger partial charge in [0.05, 0.1) is 5.75 Å². The van der Waals surface area contributed by atoms with Crippen molar-refractivity contribution in [2.75, 3.05) is 24.2 Å². The predicted octanol–water partition coefficient (Wildman–Crippen LogP) is 4.82. The van der Waals surface area contributed by atoms with E-state index in [4.69, 9.17) is 0 Å². The van der Waals surface area contributed by atoms with Gasteiger partial charge in [0.15, 0.2) is 4.34 Å². The molecule has 7 heteroatoms. The van der Waals surface area contributed by atoms with Crippen LogP contribution in [-0.2, 0) is 4.79 Å². The lowest BCUT2D eigenvalue weighted by Gasteiger charge is -2.26. The molecule has 0 aliphatic heterocycles. The number of aromatic nitrogens is 2. The lowest BCUT2D eigenvalue weighted by molar-refractivity contribution is -0.129. The summed E-state index contributed by atoms with van der Waals surface area (Å²) in [4.78, 5) is 14.5. The van der Waals surface area contributed by atoms with Crippen molar-refractivity contribution in [2.24, 2.45) is 11.8 Å².